The molecular weight excluding hydrogens is 206 g/mol. The van der Waals surface area contributed by atoms with Crippen molar-refractivity contribution in [2.75, 3.05) is 5.43 Å². The summed E-state index contributed by atoms with van der Waals surface area (Å²) in [5.41, 5.74) is 4.49. The van der Waals surface area contributed by atoms with Crippen LogP contribution in [-0.2, 0) is 0 Å². The summed E-state index contributed by atoms with van der Waals surface area (Å²) in [6, 6.07) is 8.80. The monoisotopic (exact) mass is 217 g/mol. The molecule has 0 saturated heterocycles. The Hall–Kier alpha value is -2.30. The Bertz CT molecular complexity index is 506. The van der Waals surface area contributed by atoms with Crippen molar-refractivity contribution in [1.29, 1.82) is 0 Å². The summed E-state index contributed by atoms with van der Waals surface area (Å²) in [7, 11) is 0. The molecule has 0 aliphatic carbocycles. The molecule has 0 saturated carbocycles. The Balaban J connectivity index is 2.29. The lowest BCUT2D eigenvalue weighted by atomic mass is 10.2. The number of hydrogen-bond acceptors (Lipinski definition) is 3. The number of nitro benzene ring substituents is 1. The van der Waals surface area contributed by atoms with Crippen LogP contribution in [0.2, 0.25) is 0 Å². The number of nitrogens with one attached hydrogen (secondary N) is 1. The van der Waals surface area contributed by atoms with Crippen LogP contribution in [0.3, 0.4) is 0 Å². The van der Waals surface area contributed by atoms with Gasteiger partial charge in [0.25, 0.3) is 5.69 Å². The van der Waals surface area contributed by atoms with Gasteiger partial charge in [0.05, 0.1) is 10.6 Å². The molecule has 0 bridgehead atoms. The number of hydrogen-bond donors (Lipinski definition) is 1. The van der Waals surface area contributed by atoms with E-state index in [1.807, 2.05) is 30.6 Å². The predicted molar refractivity (Wildman–Crippen MR) is 61.3 cm³/mol. The first-order valence-corrected chi connectivity index (χ1v) is 4.82. The highest BCUT2D eigenvalue weighted by molar-refractivity contribution is 5.54. The molecule has 0 aliphatic heterocycles. The highest BCUT2D eigenvalue weighted by Crippen LogP contribution is 2.22. The summed E-state index contributed by atoms with van der Waals surface area (Å²) in [5.74, 6) is 0. The number of rotatable bonds is 3. The average Bonchev–Trinajstić information content (AvgIpc) is 2.73. The maximum absolute atomic E-state index is 10.7. The van der Waals surface area contributed by atoms with E-state index in [0.29, 0.717) is 11.3 Å². The minimum atomic E-state index is -0.379. The maximum Gasteiger partial charge on any atom is 0.274 e. The van der Waals surface area contributed by atoms with Gasteiger partial charge in [-0.3, -0.25) is 20.2 Å². The van der Waals surface area contributed by atoms with Crippen molar-refractivity contribution < 1.29 is 4.92 Å². The first-order valence-electron chi connectivity index (χ1n) is 4.82. The molecule has 5 heteroatoms. The van der Waals surface area contributed by atoms with Gasteiger partial charge in [0.1, 0.15) is 0 Å². The first kappa shape index (κ1) is 10.2. The minimum absolute atomic E-state index is 0.122. The van der Waals surface area contributed by atoms with Crippen molar-refractivity contribution in [2.45, 2.75) is 6.92 Å². The largest absolute Gasteiger partial charge is 0.295 e. The second kappa shape index (κ2) is 4.06. The summed E-state index contributed by atoms with van der Waals surface area (Å²) in [6.45, 7) is 1.72. The normalized spacial score (nSPS) is 10.1. The van der Waals surface area contributed by atoms with E-state index in [2.05, 4.69) is 5.43 Å². The van der Waals surface area contributed by atoms with Crippen LogP contribution in [0.15, 0.2) is 42.7 Å². The van der Waals surface area contributed by atoms with Crippen molar-refractivity contribution in [1.82, 2.24) is 4.68 Å². The van der Waals surface area contributed by atoms with E-state index in [1.165, 1.54) is 6.07 Å². The molecule has 0 fully saturated rings. The Morgan fingerprint density at radius 2 is 2.00 bits per heavy atom. The fraction of sp³-hybridized carbons (Fsp3) is 0.0909. The molecule has 0 spiro atoms. The lowest BCUT2D eigenvalue weighted by Crippen LogP contribution is -2.06. The van der Waals surface area contributed by atoms with Crippen molar-refractivity contribution >= 4 is 11.4 Å². The van der Waals surface area contributed by atoms with Gasteiger partial charge in [0.15, 0.2) is 0 Å². The van der Waals surface area contributed by atoms with Crippen LogP contribution in [0.1, 0.15) is 5.56 Å². The van der Waals surface area contributed by atoms with Crippen molar-refractivity contribution in [2.24, 2.45) is 0 Å². The Labute approximate surface area is 92.4 Å². The van der Waals surface area contributed by atoms with Crippen LogP contribution < -0.4 is 5.43 Å². The molecule has 1 heterocycles. The van der Waals surface area contributed by atoms with Crippen molar-refractivity contribution in [3.63, 3.8) is 0 Å². The molecule has 1 aromatic carbocycles. The lowest BCUT2D eigenvalue weighted by Gasteiger charge is -2.07. The van der Waals surface area contributed by atoms with Gasteiger partial charge in [-0.05, 0) is 25.1 Å². The molecule has 1 aromatic heterocycles. The zero-order valence-electron chi connectivity index (χ0n) is 8.75. The highest BCUT2D eigenvalue weighted by Gasteiger charge is 2.10. The molecule has 82 valence electrons. The quantitative estimate of drug-likeness (QED) is 0.635. The molecule has 1 N–H and O–H groups in total. The molecule has 0 amide bonds. The zero-order valence-corrected chi connectivity index (χ0v) is 8.75. The predicted octanol–water partition coefficient (Wildman–Crippen LogP) is 2.58. The number of aromatic nitrogens is 1. The highest BCUT2D eigenvalue weighted by atomic mass is 16.6. The Morgan fingerprint density at radius 3 is 2.62 bits per heavy atom. The van der Waals surface area contributed by atoms with Gasteiger partial charge < -0.3 is 0 Å². The SMILES string of the molecule is Cc1ccc(Nn2cccc2)cc1[N+](=O)[O-]. The number of nitrogens with zero attached hydrogens (tertiary/aromatic N) is 2. The minimum Gasteiger partial charge on any atom is -0.295 e. The van der Waals surface area contributed by atoms with Crippen LogP contribution in [0.4, 0.5) is 11.4 Å². The van der Waals surface area contributed by atoms with Crippen molar-refractivity contribution in [3.8, 4) is 0 Å². The van der Waals surface area contributed by atoms with Gasteiger partial charge >= 0.3 is 0 Å². The smallest absolute Gasteiger partial charge is 0.274 e. The van der Waals surface area contributed by atoms with Gasteiger partial charge in [-0.25, -0.2) is 0 Å². The third kappa shape index (κ3) is 2.03. The molecule has 0 unspecified atom stereocenters. The maximum atomic E-state index is 10.7. The van der Waals surface area contributed by atoms with E-state index >= 15 is 0 Å². The summed E-state index contributed by atoms with van der Waals surface area (Å²) in [4.78, 5) is 10.4. The third-order valence-corrected chi connectivity index (χ3v) is 2.27. The van der Waals surface area contributed by atoms with Crippen LogP contribution in [-0.4, -0.2) is 9.60 Å². The molecule has 2 rings (SSSR count). The number of anilines is 1. The molecule has 0 aliphatic rings. The van der Waals surface area contributed by atoms with Gasteiger partial charge in [0, 0.05) is 24.0 Å². The Kier molecular flexibility index (Phi) is 2.59. The van der Waals surface area contributed by atoms with Crippen molar-refractivity contribution in [3.05, 3.63) is 58.4 Å². The zero-order chi connectivity index (χ0) is 11.5. The topological polar surface area (TPSA) is 60.1 Å². The fourth-order valence-corrected chi connectivity index (χ4v) is 1.43. The summed E-state index contributed by atoms with van der Waals surface area (Å²) in [5, 5.41) is 10.7. The lowest BCUT2D eigenvalue weighted by molar-refractivity contribution is -0.385. The first-order chi connectivity index (χ1) is 7.66. The van der Waals surface area contributed by atoms with Gasteiger partial charge in [0.2, 0.25) is 0 Å². The Morgan fingerprint density at radius 1 is 1.31 bits per heavy atom. The van der Waals surface area contributed by atoms with E-state index < -0.39 is 0 Å². The van der Waals surface area contributed by atoms with Crippen LogP contribution in [0.5, 0.6) is 0 Å². The van der Waals surface area contributed by atoms with Crippen LogP contribution in [0.25, 0.3) is 0 Å². The molecular formula is C11H11N3O2. The number of nitro groups is 1. The molecule has 5 nitrogen and oxygen atoms in total. The molecule has 16 heavy (non-hydrogen) atoms. The van der Waals surface area contributed by atoms with Crippen LogP contribution in [0, 0.1) is 17.0 Å². The fourth-order valence-electron chi connectivity index (χ4n) is 1.43. The average molecular weight is 217 g/mol. The van der Waals surface area contributed by atoms with E-state index in [4.69, 9.17) is 0 Å². The number of benzene rings is 1. The standard InChI is InChI=1S/C11H11N3O2/c1-9-4-5-10(8-11(9)14(15)16)12-13-6-2-3-7-13/h2-8,12H,1H3. The summed E-state index contributed by atoms with van der Waals surface area (Å²) < 4.78 is 1.73. The molecule has 2 aromatic rings. The van der Waals surface area contributed by atoms with E-state index in [9.17, 15) is 10.1 Å². The second-order valence-electron chi connectivity index (χ2n) is 3.46. The van der Waals surface area contributed by atoms with E-state index in [0.717, 1.165) is 0 Å². The van der Waals surface area contributed by atoms with Crippen LogP contribution >= 0.6 is 0 Å². The van der Waals surface area contributed by atoms with E-state index in [-0.39, 0.29) is 10.6 Å². The van der Waals surface area contributed by atoms with Gasteiger partial charge in [-0.2, -0.15) is 0 Å². The molecule has 0 atom stereocenters. The number of aryl methyl sites for hydroxylation is 1. The third-order valence-electron chi connectivity index (χ3n) is 2.27. The second-order valence-corrected chi connectivity index (χ2v) is 3.46. The van der Waals surface area contributed by atoms with Gasteiger partial charge in [-0.1, -0.05) is 6.07 Å². The molecule has 0 radical (unpaired) electrons. The van der Waals surface area contributed by atoms with E-state index in [1.54, 1.807) is 17.7 Å². The summed E-state index contributed by atoms with van der Waals surface area (Å²) in [6.07, 6.45) is 3.65. The summed E-state index contributed by atoms with van der Waals surface area (Å²) >= 11 is 0. The van der Waals surface area contributed by atoms with Gasteiger partial charge in [-0.15, -0.1) is 0 Å².